The lowest BCUT2D eigenvalue weighted by atomic mass is 10.1. The van der Waals surface area contributed by atoms with Gasteiger partial charge in [-0.3, -0.25) is 9.97 Å². The molecule has 0 aliphatic rings. The van der Waals surface area contributed by atoms with E-state index in [9.17, 15) is 8.42 Å². The Morgan fingerprint density at radius 3 is 2.65 bits per heavy atom. The Labute approximate surface area is 153 Å². The molecule has 2 heterocycles. The summed E-state index contributed by atoms with van der Waals surface area (Å²) in [7, 11) is -2.17. The quantitative estimate of drug-likeness (QED) is 0.639. The van der Waals surface area contributed by atoms with Crippen LogP contribution in [0.4, 0.5) is 0 Å². The molecule has 26 heavy (non-hydrogen) atoms. The molecule has 6 nitrogen and oxygen atoms in total. The van der Waals surface area contributed by atoms with Gasteiger partial charge in [-0.2, -0.15) is 4.31 Å². The van der Waals surface area contributed by atoms with E-state index in [0.717, 1.165) is 11.1 Å². The van der Waals surface area contributed by atoms with Gasteiger partial charge in [0.2, 0.25) is 10.0 Å². The third-order valence-electron chi connectivity index (χ3n) is 4.18. The Bertz CT molecular complexity index is 991. The summed E-state index contributed by atoms with van der Waals surface area (Å²) in [6.45, 7) is 2.71. The van der Waals surface area contributed by atoms with Crippen LogP contribution in [0.5, 0.6) is 0 Å². The number of methoxy groups -OCH3 is 1. The molecule has 0 saturated heterocycles. The van der Waals surface area contributed by atoms with Crippen LogP contribution >= 0.6 is 0 Å². The molecule has 0 N–H and O–H groups in total. The zero-order valence-corrected chi connectivity index (χ0v) is 15.6. The number of nitrogens with zero attached hydrogens (tertiary/aromatic N) is 3. The molecule has 0 atom stereocenters. The normalized spacial score (nSPS) is 12.0. The topological polar surface area (TPSA) is 72.4 Å². The first-order valence-corrected chi connectivity index (χ1v) is 9.70. The van der Waals surface area contributed by atoms with Gasteiger partial charge in [0.15, 0.2) is 0 Å². The maximum Gasteiger partial charge on any atom is 0.244 e. The van der Waals surface area contributed by atoms with E-state index in [2.05, 4.69) is 9.97 Å². The van der Waals surface area contributed by atoms with Gasteiger partial charge in [-0.1, -0.05) is 12.1 Å². The molecular formula is C19H21N3O3S. The molecule has 3 aromatic rings. The highest BCUT2D eigenvalue weighted by molar-refractivity contribution is 7.89. The lowest BCUT2D eigenvalue weighted by Gasteiger charge is -2.23. The molecule has 0 aliphatic heterocycles. The summed E-state index contributed by atoms with van der Waals surface area (Å²) >= 11 is 0. The van der Waals surface area contributed by atoms with Gasteiger partial charge in [0.1, 0.15) is 0 Å². The van der Waals surface area contributed by atoms with E-state index < -0.39 is 10.0 Å². The van der Waals surface area contributed by atoms with Crippen molar-refractivity contribution < 1.29 is 13.2 Å². The third kappa shape index (κ3) is 3.75. The van der Waals surface area contributed by atoms with Crippen molar-refractivity contribution in [2.24, 2.45) is 0 Å². The zero-order chi connectivity index (χ0) is 18.6. The van der Waals surface area contributed by atoms with Crippen molar-refractivity contribution in [2.45, 2.75) is 18.4 Å². The number of rotatable bonds is 7. The second-order valence-electron chi connectivity index (χ2n) is 5.97. The minimum absolute atomic E-state index is 0.231. The van der Waals surface area contributed by atoms with Crippen molar-refractivity contribution in [3.8, 4) is 0 Å². The minimum Gasteiger partial charge on any atom is -0.383 e. The molecule has 0 saturated carbocycles. The highest BCUT2D eigenvalue weighted by Gasteiger charge is 2.27. The van der Waals surface area contributed by atoms with Gasteiger partial charge in [0.25, 0.3) is 0 Å². The molecule has 0 radical (unpaired) electrons. The fourth-order valence-corrected chi connectivity index (χ4v) is 4.42. The number of aromatic nitrogens is 2. The lowest BCUT2D eigenvalue weighted by molar-refractivity contribution is 0.177. The number of fused-ring (bicyclic) bond motifs is 1. The van der Waals surface area contributed by atoms with E-state index in [-0.39, 0.29) is 18.0 Å². The summed E-state index contributed by atoms with van der Waals surface area (Å²) in [6.07, 6.45) is 5.00. The number of sulfonamides is 1. The van der Waals surface area contributed by atoms with Crippen LogP contribution < -0.4 is 0 Å². The summed E-state index contributed by atoms with van der Waals surface area (Å²) in [5.41, 5.74) is 2.46. The number of aryl methyl sites for hydroxylation is 1. The summed E-state index contributed by atoms with van der Waals surface area (Å²) in [6, 6.07) is 10.6. The molecule has 7 heteroatoms. The standard InChI is InChI=1S/C19H21N3O3S/c1-15-7-8-18(17-6-4-10-21-19(15)17)26(23,24)22(11-12-25-2)14-16-5-3-9-20-13-16/h3-10,13H,11-12,14H2,1-2H3. The zero-order valence-electron chi connectivity index (χ0n) is 14.8. The molecule has 3 rings (SSSR count). The van der Waals surface area contributed by atoms with Crippen LogP contribution in [0.2, 0.25) is 0 Å². The number of pyridine rings is 2. The van der Waals surface area contributed by atoms with Crippen LogP contribution in [0.25, 0.3) is 10.9 Å². The highest BCUT2D eigenvalue weighted by Crippen LogP contribution is 2.27. The van der Waals surface area contributed by atoms with Crippen LogP contribution in [0, 0.1) is 6.92 Å². The van der Waals surface area contributed by atoms with Gasteiger partial charge >= 0.3 is 0 Å². The van der Waals surface area contributed by atoms with Crippen molar-refractivity contribution in [2.75, 3.05) is 20.3 Å². The van der Waals surface area contributed by atoms with E-state index in [1.807, 2.05) is 13.0 Å². The molecular weight excluding hydrogens is 350 g/mol. The Morgan fingerprint density at radius 2 is 1.92 bits per heavy atom. The Morgan fingerprint density at radius 1 is 1.12 bits per heavy atom. The predicted octanol–water partition coefficient (Wildman–Crippen LogP) is 2.78. The molecule has 0 bridgehead atoms. The molecule has 1 aromatic carbocycles. The van der Waals surface area contributed by atoms with Crippen molar-refractivity contribution >= 4 is 20.9 Å². The third-order valence-corrected chi connectivity index (χ3v) is 6.08. The second-order valence-corrected chi connectivity index (χ2v) is 7.88. The summed E-state index contributed by atoms with van der Waals surface area (Å²) in [4.78, 5) is 8.67. The first kappa shape index (κ1) is 18.4. The van der Waals surface area contributed by atoms with E-state index in [1.54, 1.807) is 56.0 Å². The first-order valence-electron chi connectivity index (χ1n) is 8.26. The van der Waals surface area contributed by atoms with E-state index in [4.69, 9.17) is 4.74 Å². The summed E-state index contributed by atoms with van der Waals surface area (Å²) in [5, 5.41) is 0.626. The number of ether oxygens (including phenoxy) is 1. The molecule has 0 fully saturated rings. The Balaban J connectivity index is 2.06. The fourth-order valence-electron chi connectivity index (χ4n) is 2.82. The summed E-state index contributed by atoms with van der Waals surface area (Å²) in [5.74, 6) is 0. The van der Waals surface area contributed by atoms with Crippen LogP contribution in [-0.4, -0.2) is 43.0 Å². The van der Waals surface area contributed by atoms with Crippen molar-refractivity contribution in [3.05, 3.63) is 66.1 Å². The van der Waals surface area contributed by atoms with E-state index in [0.29, 0.717) is 17.5 Å². The van der Waals surface area contributed by atoms with Crippen molar-refractivity contribution in [1.82, 2.24) is 14.3 Å². The largest absolute Gasteiger partial charge is 0.383 e. The highest BCUT2D eigenvalue weighted by atomic mass is 32.2. The fraction of sp³-hybridized carbons (Fsp3) is 0.263. The van der Waals surface area contributed by atoms with E-state index in [1.165, 1.54) is 4.31 Å². The van der Waals surface area contributed by atoms with Crippen LogP contribution in [-0.2, 0) is 21.3 Å². The molecule has 0 amide bonds. The van der Waals surface area contributed by atoms with Gasteiger partial charge in [0.05, 0.1) is 17.0 Å². The molecule has 136 valence electrons. The molecule has 2 aromatic heterocycles. The average molecular weight is 371 g/mol. The molecule has 0 aliphatic carbocycles. The Hall–Kier alpha value is -2.35. The van der Waals surface area contributed by atoms with Crippen LogP contribution in [0.3, 0.4) is 0 Å². The van der Waals surface area contributed by atoms with Crippen LogP contribution in [0.15, 0.2) is 59.9 Å². The van der Waals surface area contributed by atoms with Gasteiger partial charge < -0.3 is 4.74 Å². The predicted molar refractivity (Wildman–Crippen MR) is 100 cm³/mol. The second kappa shape index (κ2) is 7.90. The molecule has 0 spiro atoms. The lowest BCUT2D eigenvalue weighted by Crippen LogP contribution is -2.33. The first-order chi connectivity index (χ1) is 12.5. The van der Waals surface area contributed by atoms with Gasteiger partial charge in [-0.05, 0) is 42.3 Å². The average Bonchev–Trinajstić information content (AvgIpc) is 2.66. The van der Waals surface area contributed by atoms with Gasteiger partial charge in [0, 0.05) is 44.2 Å². The van der Waals surface area contributed by atoms with Crippen molar-refractivity contribution in [1.29, 1.82) is 0 Å². The van der Waals surface area contributed by atoms with Crippen LogP contribution in [0.1, 0.15) is 11.1 Å². The summed E-state index contributed by atoms with van der Waals surface area (Å²) < 4.78 is 33.3. The number of hydrogen-bond donors (Lipinski definition) is 0. The van der Waals surface area contributed by atoms with E-state index >= 15 is 0 Å². The number of benzene rings is 1. The molecule has 0 unspecified atom stereocenters. The monoisotopic (exact) mass is 371 g/mol. The minimum atomic E-state index is -3.73. The maximum absolute atomic E-state index is 13.4. The van der Waals surface area contributed by atoms with Gasteiger partial charge in [-0.15, -0.1) is 0 Å². The Kier molecular flexibility index (Phi) is 5.61. The van der Waals surface area contributed by atoms with Gasteiger partial charge in [-0.25, -0.2) is 8.42 Å². The van der Waals surface area contributed by atoms with Crippen molar-refractivity contribution in [3.63, 3.8) is 0 Å². The maximum atomic E-state index is 13.4. The SMILES string of the molecule is COCCN(Cc1cccnc1)S(=O)(=O)c1ccc(C)c2ncccc12. The number of hydrogen-bond acceptors (Lipinski definition) is 5. The smallest absolute Gasteiger partial charge is 0.244 e.